The van der Waals surface area contributed by atoms with Crippen molar-refractivity contribution < 1.29 is 9.59 Å². The van der Waals surface area contributed by atoms with Crippen LogP contribution in [0.1, 0.15) is 36.2 Å². The number of rotatable bonds is 4. The van der Waals surface area contributed by atoms with E-state index < -0.39 is 6.03 Å². The Morgan fingerprint density at radius 1 is 1.03 bits per heavy atom. The molecule has 1 aliphatic rings. The highest BCUT2D eigenvalue weighted by atomic mass is 16.2. The molecular weight excluding hydrogens is 394 g/mol. The normalized spacial score (nSPS) is 15.0. The molecule has 1 aromatic heterocycles. The second kappa shape index (κ2) is 8.69. The average Bonchev–Trinajstić information content (AvgIpc) is 2.75. The number of piperidine rings is 1. The molecule has 1 aliphatic heterocycles. The number of hydrogen-bond donors (Lipinski definition) is 2. The van der Waals surface area contributed by atoms with Crippen molar-refractivity contribution >= 4 is 34.1 Å². The molecule has 0 aliphatic carbocycles. The van der Waals surface area contributed by atoms with Gasteiger partial charge in [0, 0.05) is 23.0 Å². The quantitative estimate of drug-likeness (QED) is 0.631. The Hall–Kier alpha value is -3.52. The zero-order chi connectivity index (χ0) is 22.0. The van der Waals surface area contributed by atoms with E-state index in [9.17, 15) is 14.4 Å². The van der Waals surface area contributed by atoms with Gasteiger partial charge >= 0.3 is 6.03 Å². The molecule has 0 atom stereocenters. The van der Waals surface area contributed by atoms with Gasteiger partial charge in [-0.05, 0) is 70.2 Å². The van der Waals surface area contributed by atoms with Gasteiger partial charge < -0.3 is 15.5 Å². The van der Waals surface area contributed by atoms with Gasteiger partial charge in [-0.3, -0.25) is 14.2 Å². The molecular formula is C23H25N5O3. The number of nitrogens with zero attached hydrogens (tertiary/aromatic N) is 3. The van der Waals surface area contributed by atoms with Crippen molar-refractivity contribution in [1.82, 2.24) is 14.5 Å². The fourth-order valence-electron chi connectivity index (χ4n) is 3.86. The second-order valence-electron chi connectivity index (χ2n) is 7.94. The van der Waals surface area contributed by atoms with Crippen molar-refractivity contribution in [2.24, 2.45) is 0 Å². The number of fused-ring (bicyclic) bond motifs is 1. The maximum Gasteiger partial charge on any atom is 0.323 e. The fourth-order valence-corrected chi connectivity index (χ4v) is 3.86. The summed E-state index contributed by atoms with van der Waals surface area (Å²) >= 11 is 0. The first kappa shape index (κ1) is 20.7. The van der Waals surface area contributed by atoms with Crippen molar-refractivity contribution in [3.8, 4) is 0 Å². The largest absolute Gasteiger partial charge is 0.323 e. The van der Waals surface area contributed by atoms with Crippen LogP contribution in [-0.4, -0.2) is 46.4 Å². The van der Waals surface area contributed by atoms with E-state index in [1.807, 2.05) is 0 Å². The molecule has 1 saturated heterocycles. The zero-order valence-electron chi connectivity index (χ0n) is 17.6. The van der Waals surface area contributed by atoms with E-state index in [0.717, 1.165) is 25.9 Å². The van der Waals surface area contributed by atoms with Crippen molar-refractivity contribution in [2.45, 2.75) is 25.8 Å². The summed E-state index contributed by atoms with van der Waals surface area (Å²) in [6.07, 6.45) is 3.44. The molecule has 0 bridgehead atoms. The lowest BCUT2D eigenvalue weighted by Gasteiger charge is -2.30. The minimum absolute atomic E-state index is 0.0769. The summed E-state index contributed by atoms with van der Waals surface area (Å²) in [6, 6.07) is 11.5. The van der Waals surface area contributed by atoms with Gasteiger partial charge in [-0.15, -0.1) is 0 Å². The predicted octanol–water partition coefficient (Wildman–Crippen LogP) is 3.51. The minimum atomic E-state index is -0.459. The molecule has 2 amide bonds. The van der Waals surface area contributed by atoms with Crippen LogP contribution in [-0.2, 0) is 0 Å². The van der Waals surface area contributed by atoms with Crippen molar-refractivity contribution in [1.29, 1.82) is 0 Å². The first-order valence-corrected chi connectivity index (χ1v) is 10.3. The van der Waals surface area contributed by atoms with Crippen LogP contribution in [0, 0.1) is 0 Å². The van der Waals surface area contributed by atoms with Gasteiger partial charge in [0.2, 0.25) is 0 Å². The summed E-state index contributed by atoms with van der Waals surface area (Å²) in [7, 11) is 2.08. The first-order chi connectivity index (χ1) is 14.9. The zero-order valence-corrected chi connectivity index (χ0v) is 17.6. The predicted molar refractivity (Wildman–Crippen MR) is 121 cm³/mol. The van der Waals surface area contributed by atoms with Gasteiger partial charge in [-0.2, -0.15) is 0 Å². The smallest absolute Gasteiger partial charge is 0.308 e. The topological polar surface area (TPSA) is 96.3 Å². The van der Waals surface area contributed by atoms with Crippen LogP contribution in [0.2, 0.25) is 0 Å². The standard InChI is InChI=1S/C23H25N5O3/c1-15(29)16-4-3-5-17(12-16)25-23(31)26-18-6-7-21-20(13-18)22(30)28(14-24-21)19-8-10-27(2)11-9-19/h3-7,12-14,19H,8-11H2,1-2H3,(H2,25,26,31). The molecule has 0 unspecified atom stereocenters. The first-order valence-electron chi connectivity index (χ1n) is 10.3. The van der Waals surface area contributed by atoms with Crippen LogP contribution in [0.4, 0.5) is 16.2 Å². The Labute approximate surface area is 179 Å². The summed E-state index contributed by atoms with van der Waals surface area (Å²) in [4.78, 5) is 43.7. The summed E-state index contributed by atoms with van der Waals surface area (Å²) in [5.41, 5.74) is 2.01. The van der Waals surface area contributed by atoms with E-state index in [0.29, 0.717) is 27.8 Å². The number of carbonyl (C=O) groups excluding carboxylic acids is 2. The number of urea groups is 1. The fraction of sp³-hybridized carbons (Fsp3) is 0.304. The molecule has 2 heterocycles. The number of aromatic nitrogens is 2. The highest BCUT2D eigenvalue weighted by Gasteiger charge is 2.20. The molecule has 2 N–H and O–H groups in total. The lowest BCUT2D eigenvalue weighted by Crippen LogP contribution is -2.35. The van der Waals surface area contributed by atoms with E-state index >= 15 is 0 Å². The third-order valence-corrected chi connectivity index (χ3v) is 5.65. The summed E-state index contributed by atoms with van der Waals surface area (Å²) in [5, 5.41) is 5.93. The van der Waals surface area contributed by atoms with E-state index in [2.05, 4.69) is 27.6 Å². The van der Waals surface area contributed by atoms with Gasteiger partial charge in [0.25, 0.3) is 5.56 Å². The molecule has 31 heavy (non-hydrogen) atoms. The lowest BCUT2D eigenvalue weighted by atomic mass is 10.1. The Balaban J connectivity index is 1.53. The minimum Gasteiger partial charge on any atom is -0.308 e. The highest BCUT2D eigenvalue weighted by molar-refractivity contribution is 6.02. The molecule has 3 aromatic rings. The number of carbonyl (C=O) groups is 2. The molecule has 0 saturated carbocycles. The summed E-state index contributed by atoms with van der Waals surface area (Å²) in [6.45, 7) is 3.37. The van der Waals surface area contributed by atoms with Crippen LogP contribution in [0.5, 0.6) is 0 Å². The summed E-state index contributed by atoms with van der Waals surface area (Å²) in [5.74, 6) is -0.0769. The molecule has 1 fully saturated rings. The van der Waals surface area contributed by atoms with Gasteiger partial charge in [-0.1, -0.05) is 12.1 Å². The molecule has 0 spiro atoms. The van der Waals surface area contributed by atoms with Gasteiger partial charge in [0.05, 0.1) is 17.2 Å². The van der Waals surface area contributed by atoms with Crippen LogP contribution >= 0.6 is 0 Å². The lowest BCUT2D eigenvalue weighted by molar-refractivity contribution is 0.101. The molecule has 0 radical (unpaired) electrons. The second-order valence-corrected chi connectivity index (χ2v) is 7.94. The number of amides is 2. The van der Waals surface area contributed by atoms with E-state index in [4.69, 9.17) is 0 Å². The number of Topliss-reactive ketones (excluding diaryl/α,β-unsaturated/α-hetero) is 1. The molecule has 8 nitrogen and oxygen atoms in total. The molecule has 2 aromatic carbocycles. The molecule has 160 valence electrons. The van der Waals surface area contributed by atoms with E-state index in [1.165, 1.54) is 6.92 Å². The van der Waals surface area contributed by atoms with E-state index in [1.54, 1.807) is 53.4 Å². The number of hydrogen-bond acceptors (Lipinski definition) is 5. The Morgan fingerprint density at radius 2 is 1.74 bits per heavy atom. The molecule has 8 heteroatoms. The number of likely N-dealkylation sites (tertiary alicyclic amines) is 1. The van der Waals surface area contributed by atoms with Gasteiger partial charge in [0.15, 0.2) is 5.78 Å². The van der Waals surface area contributed by atoms with Crippen molar-refractivity contribution in [3.05, 3.63) is 64.7 Å². The Bertz CT molecular complexity index is 1200. The van der Waals surface area contributed by atoms with Crippen LogP contribution in [0.3, 0.4) is 0 Å². The third kappa shape index (κ3) is 4.64. The SMILES string of the molecule is CC(=O)c1cccc(NC(=O)Nc2ccc3ncn(C4CCN(C)CC4)c(=O)c3c2)c1. The highest BCUT2D eigenvalue weighted by Crippen LogP contribution is 2.22. The van der Waals surface area contributed by atoms with Crippen LogP contribution in [0.25, 0.3) is 10.9 Å². The Kier molecular flexibility index (Phi) is 5.81. The number of anilines is 2. The van der Waals surface area contributed by atoms with E-state index in [-0.39, 0.29) is 17.4 Å². The number of ketones is 1. The number of benzene rings is 2. The average molecular weight is 419 g/mol. The van der Waals surface area contributed by atoms with Gasteiger partial charge in [-0.25, -0.2) is 9.78 Å². The summed E-state index contributed by atoms with van der Waals surface area (Å²) < 4.78 is 1.71. The molecule has 4 rings (SSSR count). The maximum absolute atomic E-state index is 13.1. The Morgan fingerprint density at radius 3 is 2.45 bits per heavy atom. The van der Waals surface area contributed by atoms with Crippen molar-refractivity contribution in [2.75, 3.05) is 30.8 Å². The number of nitrogens with one attached hydrogen (secondary N) is 2. The van der Waals surface area contributed by atoms with Gasteiger partial charge in [0.1, 0.15) is 0 Å². The van der Waals surface area contributed by atoms with Crippen LogP contribution in [0.15, 0.2) is 53.6 Å². The monoisotopic (exact) mass is 419 g/mol. The van der Waals surface area contributed by atoms with Crippen LogP contribution < -0.4 is 16.2 Å². The van der Waals surface area contributed by atoms with Crippen molar-refractivity contribution in [3.63, 3.8) is 0 Å². The maximum atomic E-state index is 13.1. The third-order valence-electron chi connectivity index (χ3n) is 5.65.